The number of hydrogen-bond donors (Lipinski definition) is 0. The van der Waals surface area contributed by atoms with E-state index in [-0.39, 0.29) is 0 Å². The summed E-state index contributed by atoms with van der Waals surface area (Å²) in [6.45, 7) is 4.70. The number of ether oxygens (including phenoxy) is 1. The van der Waals surface area contributed by atoms with Gasteiger partial charge in [0, 0.05) is 29.9 Å². The highest BCUT2D eigenvalue weighted by atomic mass is 35.5. The highest BCUT2D eigenvalue weighted by molar-refractivity contribution is 6.34. The molecule has 0 aliphatic carbocycles. The fourth-order valence-corrected chi connectivity index (χ4v) is 2.65. The van der Waals surface area contributed by atoms with Gasteiger partial charge in [-0.15, -0.1) is 0 Å². The van der Waals surface area contributed by atoms with Crippen molar-refractivity contribution in [3.8, 4) is 0 Å². The number of pyridine rings is 1. The van der Waals surface area contributed by atoms with E-state index in [2.05, 4.69) is 28.9 Å². The molecule has 2 aromatic rings. The number of benzene rings is 1. The van der Waals surface area contributed by atoms with Crippen molar-refractivity contribution in [2.24, 2.45) is 0 Å². The number of aromatic nitrogens is 1. The fourth-order valence-electron chi connectivity index (χ4n) is 2.42. The Morgan fingerprint density at radius 3 is 3.11 bits per heavy atom. The molecule has 0 saturated carbocycles. The van der Waals surface area contributed by atoms with Crippen molar-refractivity contribution in [2.45, 2.75) is 13.0 Å². The third-order valence-electron chi connectivity index (χ3n) is 3.40. The summed E-state index contributed by atoms with van der Waals surface area (Å²) in [6, 6.07) is 8.73. The van der Waals surface area contributed by atoms with Crippen molar-refractivity contribution in [1.29, 1.82) is 0 Å². The number of rotatable bonds is 1. The van der Waals surface area contributed by atoms with Gasteiger partial charge >= 0.3 is 0 Å². The van der Waals surface area contributed by atoms with Crippen LogP contribution in [0, 0.1) is 0 Å². The molecule has 3 nitrogen and oxygen atoms in total. The Hall–Kier alpha value is -1.32. The highest BCUT2D eigenvalue weighted by Crippen LogP contribution is 2.27. The lowest BCUT2D eigenvalue weighted by molar-refractivity contribution is 0.0989. The first-order valence-electron chi connectivity index (χ1n) is 6.14. The van der Waals surface area contributed by atoms with Gasteiger partial charge in [-0.2, -0.15) is 0 Å². The molecular weight excluding hydrogens is 248 g/mol. The molecule has 4 heteroatoms. The van der Waals surface area contributed by atoms with Gasteiger partial charge in [0.05, 0.1) is 13.2 Å². The molecule has 1 fully saturated rings. The molecule has 1 aromatic carbocycles. The second kappa shape index (κ2) is 4.75. The monoisotopic (exact) mass is 262 g/mol. The molecule has 1 unspecified atom stereocenters. The van der Waals surface area contributed by atoms with Gasteiger partial charge in [0.15, 0.2) is 0 Å². The van der Waals surface area contributed by atoms with E-state index in [1.807, 2.05) is 12.1 Å². The summed E-state index contributed by atoms with van der Waals surface area (Å²) < 4.78 is 5.47. The van der Waals surface area contributed by atoms with Crippen molar-refractivity contribution in [1.82, 2.24) is 4.98 Å². The first-order chi connectivity index (χ1) is 8.75. The number of halogens is 1. The molecule has 1 atom stereocenters. The summed E-state index contributed by atoms with van der Waals surface area (Å²) in [7, 11) is 0. The third kappa shape index (κ3) is 2.04. The minimum absolute atomic E-state index is 0.411. The van der Waals surface area contributed by atoms with Crippen molar-refractivity contribution in [3.05, 3.63) is 35.6 Å². The topological polar surface area (TPSA) is 25.4 Å². The molecule has 1 aliphatic heterocycles. The minimum Gasteiger partial charge on any atom is -0.377 e. The van der Waals surface area contributed by atoms with E-state index in [9.17, 15) is 0 Å². The second-order valence-electron chi connectivity index (χ2n) is 4.62. The van der Waals surface area contributed by atoms with Gasteiger partial charge in [-0.05, 0) is 36.6 Å². The first-order valence-corrected chi connectivity index (χ1v) is 6.52. The van der Waals surface area contributed by atoms with Gasteiger partial charge in [0.1, 0.15) is 5.15 Å². The van der Waals surface area contributed by atoms with E-state index in [0.29, 0.717) is 11.2 Å². The molecule has 1 saturated heterocycles. The van der Waals surface area contributed by atoms with Crippen LogP contribution in [0.2, 0.25) is 5.15 Å². The Kier molecular flexibility index (Phi) is 3.10. The predicted molar refractivity (Wildman–Crippen MR) is 74.4 cm³/mol. The molecule has 0 amide bonds. The average Bonchev–Trinajstić information content (AvgIpc) is 2.39. The summed E-state index contributed by atoms with van der Waals surface area (Å²) in [5.41, 5.74) is 1.22. The molecule has 0 spiro atoms. The molecule has 2 heterocycles. The maximum atomic E-state index is 6.08. The van der Waals surface area contributed by atoms with Gasteiger partial charge < -0.3 is 9.64 Å². The zero-order valence-corrected chi connectivity index (χ0v) is 11.0. The number of morpholine rings is 1. The Morgan fingerprint density at radius 2 is 2.28 bits per heavy atom. The molecule has 94 valence electrons. The van der Waals surface area contributed by atoms with E-state index in [0.717, 1.165) is 30.5 Å². The van der Waals surface area contributed by atoms with Gasteiger partial charge in [0.25, 0.3) is 0 Å². The summed E-state index contributed by atoms with van der Waals surface area (Å²) >= 11 is 6.08. The van der Waals surface area contributed by atoms with E-state index in [4.69, 9.17) is 16.3 Å². The number of nitrogens with zero attached hydrogens (tertiary/aromatic N) is 2. The van der Waals surface area contributed by atoms with Crippen molar-refractivity contribution in [2.75, 3.05) is 24.7 Å². The van der Waals surface area contributed by atoms with E-state index >= 15 is 0 Å². The maximum absolute atomic E-state index is 6.08. The molecule has 0 radical (unpaired) electrons. The highest BCUT2D eigenvalue weighted by Gasteiger charge is 2.19. The first kappa shape index (κ1) is 11.8. The van der Waals surface area contributed by atoms with Crippen LogP contribution in [-0.4, -0.2) is 30.8 Å². The minimum atomic E-state index is 0.411. The van der Waals surface area contributed by atoms with Crippen molar-refractivity contribution in [3.63, 3.8) is 0 Å². The zero-order valence-electron chi connectivity index (χ0n) is 10.3. The van der Waals surface area contributed by atoms with E-state index in [1.54, 1.807) is 6.20 Å². The molecule has 0 bridgehead atoms. The third-order valence-corrected chi connectivity index (χ3v) is 3.70. The molecule has 0 N–H and O–H groups in total. The summed E-state index contributed by atoms with van der Waals surface area (Å²) in [6.07, 6.45) is 1.75. The van der Waals surface area contributed by atoms with Crippen LogP contribution in [0.3, 0.4) is 0 Å². The zero-order chi connectivity index (χ0) is 12.5. The second-order valence-corrected chi connectivity index (χ2v) is 4.98. The summed E-state index contributed by atoms with van der Waals surface area (Å²) in [4.78, 5) is 6.47. The Labute approximate surface area is 111 Å². The van der Waals surface area contributed by atoms with E-state index < -0.39 is 0 Å². The Morgan fingerprint density at radius 1 is 1.39 bits per heavy atom. The lowest BCUT2D eigenvalue weighted by Gasteiger charge is -2.35. The van der Waals surface area contributed by atoms with Crippen LogP contribution in [0.5, 0.6) is 0 Å². The number of anilines is 1. The van der Waals surface area contributed by atoms with Crippen LogP contribution < -0.4 is 4.90 Å². The fraction of sp³-hybridized carbons (Fsp3) is 0.357. The van der Waals surface area contributed by atoms with Crippen molar-refractivity contribution < 1.29 is 4.74 Å². The standard InChI is InChI=1S/C14H15ClN2O/c1-10-9-18-7-6-17(10)12-2-3-13-11(8-12)4-5-16-14(13)15/h2-5,8,10H,6-7,9H2,1H3. The van der Waals surface area contributed by atoms with Gasteiger partial charge in [-0.25, -0.2) is 4.98 Å². The molecule has 1 aromatic heterocycles. The largest absolute Gasteiger partial charge is 0.377 e. The van der Waals surface area contributed by atoms with Gasteiger partial charge in [0.2, 0.25) is 0 Å². The van der Waals surface area contributed by atoms with Crippen LogP contribution in [0.25, 0.3) is 10.8 Å². The van der Waals surface area contributed by atoms with Crippen LogP contribution >= 0.6 is 11.6 Å². The Bertz CT molecular complexity index is 573. The normalized spacial score (nSPS) is 20.3. The quantitative estimate of drug-likeness (QED) is 0.739. The molecule has 1 aliphatic rings. The van der Waals surface area contributed by atoms with Crippen LogP contribution in [0.1, 0.15) is 6.92 Å². The Balaban J connectivity index is 2.02. The lowest BCUT2D eigenvalue weighted by Crippen LogP contribution is -2.43. The SMILES string of the molecule is CC1COCCN1c1ccc2c(Cl)nccc2c1. The van der Waals surface area contributed by atoms with E-state index in [1.165, 1.54) is 5.69 Å². The number of fused-ring (bicyclic) bond motifs is 1. The van der Waals surface area contributed by atoms with Gasteiger partial charge in [-0.1, -0.05) is 11.6 Å². The average molecular weight is 263 g/mol. The molecule has 3 rings (SSSR count). The maximum Gasteiger partial charge on any atom is 0.136 e. The lowest BCUT2D eigenvalue weighted by atomic mass is 10.1. The van der Waals surface area contributed by atoms with Crippen LogP contribution in [0.15, 0.2) is 30.5 Å². The van der Waals surface area contributed by atoms with Crippen molar-refractivity contribution >= 4 is 28.1 Å². The summed E-state index contributed by atoms with van der Waals surface area (Å²) in [5.74, 6) is 0. The molecule has 18 heavy (non-hydrogen) atoms. The molecular formula is C14H15ClN2O. The summed E-state index contributed by atoms with van der Waals surface area (Å²) in [5, 5.41) is 2.70. The van der Waals surface area contributed by atoms with Gasteiger partial charge in [-0.3, -0.25) is 0 Å². The number of hydrogen-bond acceptors (Lipinski definition) is 3. The predicted octanol–water partition coefficient (Wildman–Crippen LogP) is 3.11. The van der Waals surface area contributed by atoms with Crippen LogP contribution in [0.4, 0.5) is 5.69 Å². The smallest absolute Gasteiger partial charge is 0.136 e. The van der Waals surface area contributed by atoms with Crippen LogP contribution in [-0.2, 0) is 4.74 Å².